The Labute approximate surface area is 217 Å². The Bertz CT molecular complexity index is 1160. The van der Waals surface area contributed by atoms with Crippen LogP contribution in [0.1, 0.15) is 55.1 Å². The van der Waals surface area contributed by atoms with E-state index in [1.54, 1.807) is 9.80 Å². The Morgan fingerprint density at radius 3 is 2.32 bits per heavy atom. The summed E-state index contributed by atoms with van der Waals surface area (Å²) >= 11 is 0. The second kappa shape index (κ2) is 11.2. The Morgan fingerprint density at radius 2 is 1.68 bits per heavy atom. The first-order chi connectivity index (χ1) is 17.7. The van der Waals surface area contributed by atoms with Gasteiger partial charge in [-0.15, -0.1) is 0 Å². The van der Waals surface area contributed by atoms with Gasteiger partial charge in [0.1, 0.15) is 12.1 Å². The highest BCUT2D eigenvalue weighted by molar-refractivity contribution is 5.98. The normalized spacial score (nSPS) is 18.4. The molecule has 2 aliphatic rings. The Kier molecular flexibility index (Phi) is 8.04. The number of fused-ring (bicyclic) bond motifs is 1. The van der Waals surface area contributed by atoms with Crippen LogP contribution in [0.5, 0.6) is 0 Å². The number of carbonyl (C=O) groups is 4. The number of aromatic nitrogens is 1. The van der Waals surface area contributed by atoms with Crippen LogP contribution in [-0.4, -0.2) is 93.9 Å². The Balaban J connectivity index is 1.41. The van der Waals surface area contributed by atoms with Crippen molar-refractivity contribution in [3.05, 3.63) is 35.5 Å². The van der Waals surface area contributed by atoms with E-state index in [1.165, 1.54) is 14.0 Å². The van der Waals surface area contributed by atoms with Crippen LogP contribution in [0.25, 0.3) is 10.9 Å². The van der Waals surface area contributed by atoms with Gasteiger partial charge in [0.25, 0.3) is 5.91 Å². The fraction of sp³-hybridized carbons (Fsp3) is 0.556. The molecule has 10 nitrogen and oxygen atoms in total. The number of piperazine rings is 1. The minimum Gasteiger partial charge on any atom is -0.465 e. The number of nitrogens with zero attached hydrogens (tertiary/aromatic N) is 3. The van der Waals surface area contributed by atoms with E-state index in [2.05, 4.69) is 10.3 Å². The molecular formula is C27H37N5O5. The number of carbonyl (C=O) groups excluding carboxylic acids is 3. The van der Waals surface area contributed by atoms with Crippen molar-refractivity contribution in [2.24, 2.45) is 5.92 Å². The van der Waals surface area contributed by atoms with Gasteiger partial charge in [-0.2, -0.15) is 0 Å². The molecule has 0 unspecified atom stereocenters. The molecule has 200 valence electrons. The maximum absolute atomic E-state index is 13.6. The molecule has 1 saturated heterocycles. The van der Waals surface area contributed by atoms with Crippen LogP contribution >= 0.6 is 0 Å². The molecule has 0 spiro atoms. The minimum atomic E-state index is -1.20. The molecule has 0 radical (unpaired) electrons. The predicted molar refractivity (Wildman–Crippen MR) is 139 cm³/mol. The summed E-state index contributed by atoms with van der Waals surface area (Å²) < 4.78 is 0. The quantitative estimate of drug-likeness (QED) is 0.550. The van der Waals surface area contributed by atoms with Gasteiger partial charge in [-0.3, -0.25) is 19.3 Å². The van der Waals surface area contributed by atoms with Gasteiger partial charge in [0.2, 0.25) is 11.8 Å². The first kappa shape index (κ1) is 26.5. The first-order valence-electron chi connectivity index (χ1n) is 13.1. The predicted octanol–water partition coefficient (Wildman–Crippen LogP) is 2.82. The monoisotopic (exact) mass is 511 g/mol. The lowest BCUT2D eigenvalue weighted by molar-refractivity contribution is -0.140. The molecule has 4 rings (SSSR count). The van der Waals surface area contributed by atoms with E-state index >= 15 is 0 Å². The summed E-state index contributed by atoms with van der Waals surface area (Å²) in [6.07, 6.45) is 3.61. The van der Waals surface area contributed by atoms with Gasteiger partial charge in [0, 0.05) is 55.4 Å². The maximum Gasteiger partial charge on any atom is 0.407 e. The molecule has 1 saturated carbocycles. The van der Waals surface area contributed by atoms with E-state index in [-0.39, 0.29) is 17.7 Å². The van der Waals surface area contributed by atoms with E-state index in [4.69, 9.17) is 0 Å². The standard InChI is InChI=1S/C27H37N5O5/c1-17-15-21-16-20(9-10-22(21)28-17)25(34)31-11-13-32(14-12-31)26(35)23(19-7-5-4-6-8-19)29-24(33)18(2)30(3)27(36)37/h9-10,15-16,18-19,23,28H,4-8,11-14H2,1-3H3,(H,29,33)(H,36,37)/t18-,23-/m0/s1. The number of H-pyrrole nitrogens is 1. The number of likely N-dealkylation sites (N-methyl/N-ethyl adjacent to an activating group) is 1. The van der Waals surface area contributed by atoms with Crippen LogP contribution in [0.3, 0.4) is 0 Å². The molecule has 10 heteroatoms. The maximum atomic E-state index is 13.6. The molecule has 1 aliphatic carbocycles. The molecule has 4 amide bonds. The topological polar surface area (TPSA) is 126 Å². The van der Waals surface area contributed by atoms with Crippen LogP contribution in [0.15, 0.2) is 24.3 Å². The average Bonchev–Trinajstić information content (AvgIpc) is 3.29. The number of rotatable bonds is 6. The molecule has 1 aromatic carbocycles. The van der Waals surface area contributed by atoms with Crippen LogP contribution in [0.2, 0.25) is 0 Å². The van der Waals surface area contributed by atoms with Gasteiger partial charge < -0.3 is 25.2 Å². The molecule has 37 heavy (non-hydrogen) atoms. The van der Waals surface area contributed by atoms with Gasteiger partial charge in [0.05, 0.1) is 0 Å². The highest BCUT2D eigenvalue weighted by Crippen LogP contribution is 2.28. The van der Waals surface area contributed by atoms with Crippen molar-refractivity contribution in [1.29, 1.82) is 0 Å². The van der Waals surface area contributed by atoms with Crippen molar-refractivity contribution >= 4 is 34.7 Å². The van der Waals surface area contributed by atoms with Crippen molar-refractivity contribution in [1.82, 2.24) is 25.0 Å². The molecular weight excluding hydrogens is 474 g/mol. The second-order valence-corrected chi connectivity index (χ2v) is 10.3. The number of aromatic amines is 1. The molecule has 2 atom stereocenters. The van der Waals surface area contributed by atoms with Gasteiger partial charge in [-0.25, -0.2) is 4.79 Å². The number of hydrogen-bond acceptors (Lipinski definition) is 4. The number of hydrogen-bond donors (Lipinski definition) is 3. The molecule has 1 aliphatic heterocycles. The number of nitrogens with one attached hydrogen (secondary N) is 2. The summed E-state index contributed by atoms with van der Waals surface area (Å²) in [5.74, 6) is -0.668. The number of aryl methyl sites for hydroxylation is 1. The fourth-order valence-corrected chi connectivity index (χ4v) is 5.38. The minimum absolute atomic E-state index is 0.0173. The SMILES string of the molecule is Cc1cc2cc(C(=O)N3CCN(C(=O)[C@@H](NC(=O)[C@H](C)N(C)C(=O)O)C4CCCCC4)CC3)ccc2[nH]1. The van der Waals surface area contributed by atoms with E-state index in [0.29, 0.717) is 31.7 Å². The summed E-state index contributed by atoms with van der Waals surface area (Å²) in [5.41, 5.74) is 2.65. The van der Waals surface area contributed by atoms with Crippen molar-refractivity contribution in [3.63, 3.8) is 0 Å². The summed E-state index contributed by atoms with van der Waals surface area (Å²) in [5, 5.41) is 13.1. The van der Waals surface area contributed by atoms with Crippen molar-refractivity contribution in [3.8, 4) is 0 Å². The number of carboxylic acid groups (broad SMARTS) is 1. The fourth-order valence-electron chi connectivity index (χ4n) is 5.38. The van der Waals surface area contributed by atoms with E-state index < -0.39 is 24.1 Å². The van der Waals surface area contributed by atoms with Crippen molar-refractivity contribution in [2.45, 2.75) is 58.0 Å². The third kappa shape index (κ3) is 5.89. The van der Waals surface area contributed by atoms with E-state index in [0.717, 1.165) is 53.6 Å². The van der Waals surface area contributed by atoms with Gasteiger partial charge >= 0.3 is 6.09 Å². The van der Waals surface area contributed by atoms with Crippen molar-refractivity contribution < 1.29 is 24.3 Å². The molecule has 3 N–H and O–H groups in total. The Morgan fingerprint density at radius 1 is 1.03 bits per heavy atom. The van der Waals surface area contributed by atoms with Crippen LogP contribution in [0, 0.1) is 12.8 Å². The second-order valence-electron chi connectivity index (χ2n) is 10.3. The largest absolute Gasteiger partial charge is 0.465 e. The third-order valence-corrected chi connectivity index (χ3v) is 7.83. The smallest absolute Gasteiger partial charge is 0.407 e. The highest BCUT2D eigenvalue weighted by atomic mass is 16.4. The van der Waals surface area contributed by atoms with Gasteiger partial charge in [-0.1, -0.05) is 19.3 Å². The lowest BCUT2D eigenvalue weighted by Gasteiger charge is -2.39. The number of benzene rings is 1. The summed E-state index contributed by atoms with van der Waals surface area (Å²) in [6, 6.07) is 6.03. The third-order valence-electron chi connectivity index (χ3n) is 7.83. The zero-order valence-corrected chi connectivity index (χ0v) is 21.8. The number of amides is 4. The lowest BCUT2D eigenvalue weighted by Crippen LogP contribution is -2.59. The molecule has 2 aromatic rings. The summed E-state index contributed by atoms with van der Waals surface area (Å²) in [4.78, 5) is 58.7. The molecule has 0 bridgehead atoms. The van der Waals surface area contributed by atoms with Crippen LogP contribution in [-0.2, 0) is 9.59 Å². The van der Waals surface area contributed by atoms with Crippen LogP contribution < -0.4 is 5.32 Å². The zero-order chi connectivity index (χ0) is 26.7. The molecule has 2 heterocycles. The lowest BCUT2D eigenvalue weighted by atomic mass is 9.83. The zero-order valence-electron chi connectivity index (χ0n) is 21.8. The van der Waals surface area contributed by atoms with Gasteiger partial charge in [-0.05, 0) is 56.9 Å². The van der Waals surface area contributed by atoms with E-state index in [1.807, 2.05) is 31.2 Å². The molecule has 2 fully saturated rings. The van der Waals surface area contributed by atoms with Gasteiger partial charge in [0.15, 0.2) is 0 Å². The molecule has 1 aromatic heterocycles. The first-order valence-corrected chi connectivity index (χ1v) is 13.1. The highest BCUT2D eigenvalue weighted by Gasteiger charge is 2.37. The van der Waals surface area contributed by atoms with E-state index in [9.17, 15) is 24.3 Å². The van der Waals surface area contributed by atoms with Crippen LogP contribution in [0.4, 0.5) is 4.79 Å². The Hall–Kier alpha value is -3.56. The summed E-state index contributed by atoms with van der Waals surface area (Å²) in [6.45, 7) is 5.10. The average molecular weight is 512 g/mol. The summed E-state index contributed by atoms with van der Waals surface area (Å²) in [7, 11) is 1.34. The van der Waals surface area contributed by atoms with Crippen molar-refractivity contribution in [2.75, 3.05) is 33.2 Å².